The van der Waals surface area contributed by atoms with E-state index in [1.807, 2.05) is 68.4 Å². The second-order valence-electron chi connectivity index (χ2n) is 7.42. The molecule has 7 heteroatoms. The number of benzene rings is 2. The average molecular weight is 422 g/mol. The summed E-state index contributed by atoms with van der Waals surface area (Å²) in [6, 6.07) is 17.5. The Balaban J connectivity index is 1.68. The number of ether oxygens (including phenoxy) is 1. The zero-order valence-electron chi connectivity index (χ0n) is 16.8. The Hall–Kier alpha value is -3.06. The third-order valence-corrected chi connectivity index (χ3v) is 5.75. The predicted molar refractivity (Wildman–Crippen MR) is 118 cm³/mol. The first-order valence-electron chi connectivity index (χ1n) is 9.87. The number of fused-ring (bicyclic) bond motifs is 1. The summed E-state index contributed by atoms with van der Waals surface area (Å²) in [5.74, 6) is 1.11. The molecule has 0 fully saturated rings. The number of hydrogen-bond acceptors (Lipinski definition) is 5. The van der Waals surface area contributed by atoms with Gasteiger partial charge in [0.2, 0.25) is 5.91 Å². The molecule has 4 rings (SSSR count). The number of amides is 1. The zero-order valence-corrected chi connectivity index (χ0v) is 17.7. The van der Waals surface area contributed by atoms with Crippen LogP contribution in [0.1, 0.15) is 42.9 Å². The van der Waals surface area contributed by atoms with E-state index in [-0.39, 0.29) is 24.0 Å². The molecule has 2 aromatic carbocycles. The van der Waals surface area contributed by atoms with Crippen LogP contribution in [0.25, 0.3) is 0 Å². The molecule has 1 amide bonds. The summed E-state index contributed by atoms with van der Waals surface area (Å²) < 4.78 is 5.93. The lowest BCUT2D eigenvalue weighted by Crippen LogP contribution is -2.31. The van der Waals surface area contributed by atoms with Crippen LogP contribution in [0.3, 0.4) is 0 Å². The maximum Gasteiger partial charge on any atom is 0.257 e. The number of anilines is 1. The van der Waals surface area contributed by atoms with Crippen LogP contribution in [-0.4, -0.2) is 22.0 Å². The molecule has 2 N–H and O–H groups in total. The highest BCUT2D eigenvalue weighted by Crippen LogP contribution is 2.39. The van der Waals surface area contributed by atoms with Crippen molar-refractivity contribution >= 4 is 23.5 Å². The third kappa shape index (κ3) is 4.41. The number of H-pyrrole nitrogens is 1. The molecule has 1 atom stereocenters. The van der Waals surface area contributed by atoms with Crippen LogP contribution in [0, 0.1) is 0 Å². The van der Waals surface area contributed by atoms with E-state index < -0.39 is 5.92 Å². The highest BCUT2D eigenvalue weighted by molar-refractivity contribution is 7.98. The molecule has 1 aliphatic rings. The van der Waals surface area contributed by atoms with E-state index in [0.29, 0.717) is 28.0 Å². The van der Waals surface area contributed by atoms with Gasteiger partial charge in [0.25, 0.3) is 5.56 Å². The van der Waals surface area contributed by atoms with Crippen LogP contribution in [0.5, 0.6) is 5.75 Å². The van der Waals surface area contributed by atoms with E-state index >= 15 is 0 Å². The number of carbonyl (C=O) groups excluding carboxylic acids is 1. The minimum Gasteiger partial charge on any atom is -0.491 e. The molecule has 6 nitrogen and oxygen atoms in total. The van der Waals surface area contributed by atoms with Gasteiger partial charge in [0.1, 0.15) is 11.6 Å². The van der Waals surface area contributed by atoms with Gasteiger partial charge in [0.15, 0.2) is 5.16 Å². The maximum atomic E-state index is 13.0. The molecule has 154 valence electrons. The van der Waals surface area contributed by atoms with Gasteiger partial charge in [-0.2, -0.15) is 0 Å². The van der Waals surface area contributed by atoms with Crippen molar-refractivity contribution in [1.82, 2.24) is 9.97 Å². The first kappa shape index (κ1) is 20.2. The summed E-state index contributed by atoms with van der Waals surface area (Å²) in [5, 5.41) is 3.26. The second-order valence-corrected chi connectivity index (χ2v) is 8.38. The van der Waals surface area contributed by atoms with Crippen molar-refractivity contribution in [2.45, 2.75) is 43.2 Å². The average Bonchev–Trinajstić information content (AvgIpc) is 2.72. The Morgan fingerprint density at radius 2 is 1.83 bits per heavy atom. The zero-order chi connectivity index (χ0) is 21.1. The van der Waals surface area contributed by atoms with E-state index in [9.17, 15) is 9.59 Å². The van der Waals surface area contributed by atoms with Crippen LogP contribution in [0.15, 0.2) is 64.5 Å². The lowest BCUT2D eigenvalue weighted by atomic mass is 9.86. The summed E-state index contributed by atoms with van der Waals surface area (Å²) in [5.41, 5.74) is 2.18. The van der Waals surface area contributed by atoms with Crippen LogP contribution in [-0.2, 0) is 10.5 Å². The first-order valence-corrected chi connectivity index (χ1v) is 10.9. The summed E-state index contributed by atoms with van der Waals surface area (Å²) in [6.07, 6.45) is 0.156. The summed E-state index contributed by atoms with van der Waals surface area (Å²) in [4.78, 5) is 32.9. The maximum absolute atomic E-state index is 13.0. The van der Waals surface area contributed by atoms with Crippen LogP contribution < -0.4 is 15.6 Å². The normalized spacial score (nSPS) is 15.6. The van der Waals surface area contributed by atoms with Crippen LogP contribution in [0.4, 0.5) is 5.82 Å². The molecule has 0 bridgehead atoms. The third-order valence-electron chi connectivity index (χ3n) is 4.80. The molecule has 3 aromatic rings. The lowest BCUT2D eigenvalue weighted by Gasteiger charge is -2.26. The van der Waals surface area contributed by atoms with Crippen molar-refractivity contribution in [2.75, 3.05) is 5.32 Å². The number of hydrogen-bond donors (Lipinski definition) is 2. The van der Waals surface area contributed by atoms with Gasteiger partial charge in [-0.1, -0.05) is 60.3 Å². The van der Waals surface area contributed by atoms with E-state index in [4.69, 9.17) is 4.74 Å². The topological polar surface area (TPSA) is 84.1 Å². The fraction of sp³-hybridized carbons (Fsp3) is 0.261. The molecule has 1 aromatic heterocycles. The van der Waals surface area contributed by atoms with Crippen molar-refractivity contribution in [3.8, 4) is 5.75 Å². The second kappa shape index (κ2) is 8.75. The van der Waals surface area contributed by atoms with Gasteiger partial charge >= 0.3 is 0 Å². The fourth-order valence-electron chi connectivity index (χ4n) is 3.54. The molecular formula is C23H23N3O3S. The van der Waals surface area contributed by atoms with E-state index in [2.05, 4.69) is 15.3 Å². The molecule has 1 unspecified atom stereocenters. The quantitative estimate of drug-likeness (QED) is 0.457. The molecule has 0 saturated heterocycles. The molecule has 0 saturated carbocycles. The number of aromatic amines is 1. The number of nitrogens with zero attached hydrogens (tertiary/aromatic N) is 1. The molecule has 30 heavy (non-hydrogen) atoms. The van der Waals surface area contributed by atoms with Gasteiger partial charge in [0, 0.05) is 23.7 Å². The molecule has 0 spiro atoms. The summed E-state index contributed by atoms with van der Waals surface area (Å²) in [6.45, 7) is 3.89. The summed E-state index contributed by atoms with van der Waals surface area (Å²) >= 11 is 1.43. The highest BCUT2D eigenvalue weighted by Gasteiger charge is 2.32. The van der Waals surface area contributed by atoms with Crippen molar-refractivity contribution in [3.63, 3.8) is 0 Å². The minimum atomic E-state index is -0.409. The van der Waals surface area contributed by atoms with Crippen molar-refractivity contribution in [2.24, 2.45) is 0 Å². The Morgan fingerprint density at radius 3 is 2.60 bits per heavy atom. The van der Waals surface area contributed by atoms with Crippen LogP contribution in [0.2, 0.25) is 0 Å². The van der Waals surface area contributed by atoms with Gasteiger partial charge in [-0.15, -0.1) is 0 Å². The van der Waals surface area contributed by atoms with Crippen molar-refractivity contribution in [3.05, 3.63) is 81.6 Å². The van der Waals surface area contributed by atoms with Crippen molar-refractivity contribution < 1.29 is 9.53 Å². The van der Waals surface area contributed by atoms with Gasteiger partial charge in [-0.3, -0.25) is 9.59 Å². The van der Waals surface area contributed by atoms with Gasteiger partial charge in [0.05, 0.1) is 11.7 Å². The smallest absolute Gasteiger partial charge is 0.257 e. The van der Waals surface area contributed by atoms with Gasteiger partial charge < -0.3 is 15.0 Å². The molecule has 1 aliphatic heterocycles. The Bertz CT molecular complexity index is 1110. The van der Waals surface area contributed by atoms with E-state index in [1.54, 1.807) is 0 Å². The monoisotopic (exact) mass is 421 g/mol. The number of para-hydroxylation sites is 1. The molecular weight excluding hydrogens is 398 g/mol. The Kier molecular flexibility index (Phi) is 5.90. The predicted octanol–water partition coefficient (Wildman–Crippen LogP) is 4.32. The van der Waals surface area contributed by atoms with Crippen LogP contribution >= 0.6 is 11.8 Å². The number of nitrogens with one attached hydrogen (secondary N) is 2. The standard InChI is InChI=1S/C23H23N3O3S/c1-14(2)29-18-11-7-6-10-16(18)17-12-19(27)24-21-20(17)22(28)26-23(25-21)30-13-15-8-4-3-5-9-15/h3-11,14,17H,12-13H2,1-2H3,(H2,24,25,26,27,28). The first-order chi connectivity index (χ1) is 14.5. The SMILES string of the molecule is CC(C)Oc1ccccc1C1CC(=O)Nc2nc(SCc3ccccc3)[nH]c(=O)c21. The Labute approximate surface area is 179 Å². The van der Waals surface area contributed by atoms with Crippen molar-refractivity contribution in [1.29, 1.82) is 0 Å². The number of aromatic nitrogens is 2. The fourth-order valence-corrected chi connectivity index (χ4v) is 4.36. The number of thioether (sulfide) groups is 1. The van der Waals surface area contributed by atoms with E-state index in [1.165, 1.54) is 11.8 Å². The van der Waals surface area contributed by atoms with Gasteiger partial charge in [-0.05, 0) is 25.5 Å². The lowest BCUT2D eigenvalue weighted by molar-refractivity contribution is -0.116. The van der Waals surface area contributed by atoms with Gasteiger partial charge in [-0.25, -0.2) is 4.98 Å². The minimum absolute atomic E-state index is 0.0174. The Morgan fingerprint density at radius 1 is 1.10 bits per heavy atom. The summed E-state index contributed by atoms with van der Waals surface area (Å²) in [7, 11) is 0. The largest absolute Gasteiger partial charge is 0.491 e. The molecule has 2 heterocycles. The molecule has 0 radical (unpaired) electrons. The highest BCUT2D eigenvalue weighted by atomic mass is 32.2. The molecule has 0 aliphatic carbocycles. The number of carbonyl (C=O) groups is 1. The van der Waals surface area contributed by atoms with E-state index in [0.717, 1.165) is 11.1 Å². The number of rotatable bonds is 6.